The maximum Gasteiger partial charge on any atom is 0.0858 e. The van der Waals surface area contributed by atoms with Gasteiger partial charge in [-0.1, -0.05) is 24.8 Å². The van der Waals surface area contributed by atoms with Crippen molar-refractivity contribution in [2.75, 3.05) is 7.11 Å². The van der Waals surface area contributed by atoms with Crippen LogP contribution >= 0.6 is 0 Å². The summed E-state index contributed by atoms with van der Waals surface area (Å²) in [6.07, 6.45) is 7.72. The van der Waals surface area contributed by atoms with Gasteiger partial charge in [0.15, 0.2) is 0 Å². The molecule has 1 aliphatic rings. The molecule has 2 atom stereocenters. The summed E-state index contributed by atoms with van der Waals surface area (Å²) in [7, 11) is 1.73. The summed E-state index contributed by atoms with van der Waals surface area (Å²) in [6.45, 7) is 5.88. The molecule has 0 saturated heterocycles. The first kappa shape index (κ1) is 13.7. The molecule has 0 amide bonds. The average Bonchev–Trinajstić information content (AvgIpc) is 2.29. The first-order valence-electron chi connectivity index (χ1n) is 6.50. The van der Waals surface area contributed by atoms with Crippen LogP contribution in [0.15, 0.2) is 12.2 Å². The maximum atomic E-state index is 10.1. The maximum absolute atomic E-state index is 10.1. The molecule has 0 aliphatic heterocycles. The fraction of sp³-hybridized carbons (Fsp3) is 0.857. The molecule has 0 spiro atoms. The molecular weight excluding hydrogens is 200 g/mol. The minimum atomic E-state index is -0.329. The molecule has 2 nitrogen and oxygen atoms in total. The van der Waals surface area contributed by atoms with Crippen LogP contribution in [0.1, 0.15) is 51.9 Å². The zero-order chi connectivity index (χ0) is 12.0. The highest BCUT2D eigenvalue weighted by Gasteiger charge is 2.29. The number of hydrogen-bond donors (Lipinski definition) is 1. The van der Waals surface area contributed by atoms with Crippen molar-refractivity contribution < 1.29 is 9.84 Å². The Kier molecular flexibility index (Phi) is 6.07. The zero-order valence-corrected chi connectivity index (χ0v) is 10.7. The Morgan fingerprint density at radius 3 is 2.50 bits per heavy atom. The molecule has 0 aromatic heterocycles. The third-order valence-corrected chi connectivity index (χ3v) is 3.63. The summed E-state index contributed by atoms with van der Waals surface area (Å²) >= 11 is 0. The highest BCUT2D eigenvalue weighted by atomic mass is 16.5. The lowest BCUT2D eigenvalue weighted by molar-refractivity contribution is -0.0567. The Labute approximate surface area is 99.7 Å². The molecular formula is C14H26O2. The molecule has 1 saturated carbocycles. The molecule has 0 aromatic carbocycles. The van der Waals surface area contributed by atoms with E-state index in [0.717, 1.165) is 18.4 Å². The second kappa shape index (κ2) is 7.08. The number of rotatable bonds is 6. The van der Waals surface area contributed by atoms with E-state index in [-0.39, 0.29) is 12.2 Å². The molecule has 16 heavy (non-hydrogen) atoms. The van der Waals surface area contributed by atoms with Gasteiger partial charge in [0, 0.05) is 7.11 Å². The van der Waals surface area contributed by atoms with E-state index < -0.39 is 0 Å². The van der Waals surface area contributed by atoms with Crippen molar-refractivity contribution in [2.45, 2.75) is 64.1 Å². The highest BCUT2D eigenvalue weighted by Crippen LogP contribution is 2.30. The summed E-state index contributed by atoms with van der Waals surface area (Å²) < 4.78 is 5.50. The Hall–Kier alpha value is -0.340. The van der Waals surface area contributed by atoms with Crippen LogP contribution in [0, 0.1) is 5.92 Å². The Balaban J connectivity index is 2.41. The SMILES string of the molecule is C=C(C)CCC(O)C(OC)C1CCCCC1. The van der Waals surface area contributed by atoms with E-state index in [9.17, 15) is 5.11 Å². The van der Waals surface area contributed by atoms with Gasteiger partial charge in [-0.15, -0.1) is 6.58 Å². The number of methoxy groups -OCH3 is 1. The van der Waals surface area contributed by atoms with E-state index >= 15 is 0 Å². The number of hydrogen-bond acceptors (Lipinski definition) is 2. The summed E-state index contributed by atoms with van der Waals surface area (Å²) in [4.78, 5) is 0. The van der Waals surface area contributed by atoms with Gasteiger partial charge in [0.2, 0.25) is 0 Å². The molecule has 0 radical (unpaired) electrons. The van der Waals surface area contributed by atoms with Crippen molar-refractivity contribution >= 4 is 0 Å². The standard InChI is InChI=1S/C14H26O2/c1-11(2)9-10-13(15)14(16-3)12-7-5-4-6-8-12/h12-15H,1,4-10H2,2-3H3. The lowest BCUT2D eigenvalue weighted by Crippen LogP contribution is -2.36. The smallest absolute Gasteiger partial charge is 0.0858 e. The fourth-order valence-electron chi connectivity index (χ4n) is 2.68. The van der Waals surface area contributed by atoms with Crippen LogP contribution < -0.4 is 0 Å². The third kappa shape index (κ3) is 4.26. The fourth-order valence-corrected chi connectivity index (χ4v) is 2.68. The molecule has 0 aromatic rings. The van der Waals surface area contributed by atoms with Gasteiger partial charge in [0.1, 0.15) is 0 Å². The average molecular weight is 226 g/mol. The molecule has 94 valence electrons. The van der Waals surface area contributed by atoms with Gasteiger partial charge >= 0.3 is 0 Å². The lowest BCUT2D eigenvalue weighted by atomic mass is 9.82. The zero-order valence-electron chi connectivity index (χ0n) is 10.7. The van der Waals surface area contributed by atoms with Crippen molar-refractivity contribution in [3.63, 3.8) is 0 Å². The second-order valence-electron chi connectivity index (χ2n) is 5.16. The molecule has 1 fully saturated rings. The lowest BCUT2D eigenvalue weighted by Gasteiger charge is -2.32. The van der Waals surface area contributed by atoms with Crippen molar-refractivity contribution in [3.05, 3.63) is 12.2 Å². The highest BCUT2D eigenvalue weighted by molar-refractivity contribution is 4.90. The molecule has 0 heterocycles. The van der Waals surface area contributed by atoms with Gasteiger partial charge in [0.05, 0.1) is 12.2 Å². The van der Waals surface area contributed by atoms with E-state index in [4.69, 9.17) is 4.74 Å². The van der Waals surface area contributed by atoms with Crippen LogP contribution in [-0.4, -0.2) is 24.4 Å². The van der Waals surface area contributed by atoms with Crippen LogP contribution in [0.2, 0.25) is 0 Å². The van der Waals surface area contributed by atoms with Gasteiger partial charge in [-0.2, -0.15) is 0 Å². The predicted molar refractivity (Wildman–Crippen MR) is 67.4 cm³/mol. The summed E-state index contributed by atoms with van der Waals surface area (Å²) in [6, 6.07) is 0. The first-order valence-corrected chi connectivity index (χ1v) is 6.50. The largest absolute Gasteiger partial charge is 0.390 e. The molecule has 2 unspecified atom stereocenters. The number of aliphatic hydroxyl groups is 1. The minimum Gasteiger partial charge on any atom is -0.390 e. The van der Waals surface area contributed by atoms with Crippen LogP contribution in [0.25, 0.3) is 0 Å². The molecule has 2 heteroatoms. The quantitative estimate of drug-likeness (QED) is 0.704. The van der Waals surface area contributed by atoms with Crippen molar-refractivity contribution in [1.82, 2.24) is 0 Å². The Morgan fingerprint density at radius 2 is 2.00 bits per heavy atom. The van der Waals surface area contributed by atoms with Crippen molar-refractivity contribution in [1.29, 1.82) is 0 Å². The summed E-state index contributed by atoms with van der Waals surface area (Å²) in [5.41, 5.74) is 1.14. The van der Waals surface area contributed by atoms with Gasteiger partial charge in [-0.05, 0) is 38.5 Å². The van der Waals surface area contributed by atoms with E-state index in [1.165, 1.54) is 32.1 Å². The van der Waals surface area contributed by atoms with Gasteiger partial charge in [0.25, 0.3) is 0 Å². The number of allylic oxidation sites excluding steroid dienone is 1. The topological polar surface area (TPSA) is 29.5 Å². The first-order chi connectivity index (χ1) is 7.65. The normalized spacial score (nSPS) is 21.7. The summed E-state index contributed by atoms with van der Waals surface area (Å²) in [5, 5.41) is 10.1. The van der Waals surface area contributed by atoms with Crippen LogP contribution in [-0.2, 0) is 4.74 Å². The van der Waals surface area contributed by atoms with Crippen molar-refractivity contribution in [3.8, 4) is 0 Å². The number of aliphatic hydroxyl groups excluding tert-OH is 1. The Morgan fingerprint density at radius 1 is 1.38 bits per heavy atom. The van der Waals surface area contributed by atoms with Gasteiger partial charge in [-0.3, -0.25) is 0 Å². The third-order valence-electron chi connectivity index (χ3n) is 3.63. The van der Waals surface area contributed by atoms with E-state index in [0.29, 0.717) is 5.92 Å². The van der Waals surface area contributed by atoms with Crippen LogP contribution in [0.3, 0.4) is 0 Å². The summed E-state index contributed by atoms with van der Waals surface area (Å²) in [5.74, 6) is 0.555. The van der Waals surface area contributed by atoms with E-state index in [1.807, 2.05) is 6.92 Å². The van der Waals surface area contributed by atoms with Crippen molar-refractivity contribution in [2.24, 2.45) is 5.92 Å². The molecule has 1 aliphatic carbocycles. The van der Waals surface area contributed by atoms with E-state index in [1.54, 1.807) is 7.11 Å². The van der Waals surface area contributed by atoms with Crippen LogP contribution in [0.4, 0.5) is 0 Å². The van der Waals surface area contributed by atoms with Crippen LogP contribution in [0.5, 0.6) is 0 Å². The van der Waals surface area contributed by atoms with E-state index in [2.05, 4.69) is 6.58 Å². The minimum absolute atomic E-state index is 0.0275. The number of ether oxygens (including phenoxy) is 1. The molecule has 1 N–H and O–H groups in total. The van der Waals surface area contributed by atoms with Gasteiger partial charge in [-0.25, -0.2) is 0 Å². The molecule has 1 rings (SSSR count). The molecule has 0 bridgehead atoms. The predicted octanol–water partition coefficient (Wildman–Crippen LogP) is 3.30. The monoisotopic (exact) mass is 226 g/mol. The van der Waals surface area contributed by atoms with Gasteiger partial charge < -0.3 is 9.84 Å². The Bertz CT molecular complexity index is 207. The second-order valence-corrected chi connectivity index (χ2v) is 5.16.